The molecule has 1 amide bonds. The van der Waals surface area contributed by atoms with Crippen molar-refractivity contribution in [2.45, 2.75) is 64.3 Å². The molecule has 5 heterocycles. The molecule has 0 aliphatic carbocycles. The molecule has 0 spiro atoms. The second-order valence-corrected chi connectivity index (χ2v) is 13.9. The van der Waals surface area contributed by atoms with Crippen LogP contribution >= 0.6 is 0 Å². The van der Waals surface area contributed by atoms with Gasteiger partial charge in [0.15, 0.2) is 0 Å². The number of phenolic OH excluding ortho intramolecular Hbond substituents is 2. The van der Waals surface area contributed by atoms with Crippen LogP contribution in [0.2, 0.25) is 0 Å². The Morgan fingerprint density at radius 3 is 2.47 bits per heavy atom. The van der Waals surface area contributed by atoms with Crippen LogP contribution in [0.25, 0.3) is 21.5 Å². The third kappa shape index (κ3) is 6.45. The van der Waals surface area contributed by atoms with Crippen LogP contribution in [0.4, 0.5) is 10.6 Å². The normalized spacial score (nSPS) is 18.1. The number of fused-ring (bicyclic) bond motifs is 2. The lowest BCUT2D eigenvalue weighted by Crippen LogP contribution is -2.44. The number of hydrogen-bond donors (Lipinski definition) is 2. The molecule has 11 heteroatoms. The van der Waals surface area contributed by atoms with Gasteiger partial charge in [-0.25, -0.2) is 9.78 Å². The van der Waals surface area contributed by atoms with Gasteiger partial charge in [0.2, 0.25) is 0 Å². The first-order valence-electron chi connectivity index (χ1n) is 16.9. The van der Waals surface area contributed by atoms with Crippen molar-refractivity contribution in [3.63, 3.8) is 0 Å². The van der Waals surface area contributed by atoms with E-state index in [-0.39, 0.29) is 51.9 Å². The Morgan fingerprint density at radius 2 is 1.67 bits per heavy atom. The molecule has 0 saturated carbocycles. The summed E-state index contributed by atoms with van der Waals surface area (Å²) in [5.41, 5.74) is -0.716. The van der Waals surface area contributed by atoms with Gasteiger partial charge in [0.05, 0.1) is 16.8 Å². The molecule has 2 aliphatic heterocycles. The molecule has 11 nitrogen and oxygen atoms in total. The van der Waals surface area contributed by atoms with Crippen LogP contribution in [0.3, 0.4) is 0 Å². The first-order chi connectivity index (χ1) is 23.6. The molecule has 2 saturated heterocycles. The summed E-state index contributed by atoms with van der Waals surface area (Å²) in [7, 11) is 0. The van der Waals surface area contributed by atoms with Crippen molar-refractivity contribution in [1.29, 1.82) is 0 Å². The molecule has 2 aliphatic rings. The maximum Gasteiger partial charge on any atom is 0.410 e. The Balaban J connectivity index is 1.09. The van der Waals surface area contributed by atoms with E-state index in [2.05, 4.69) is 9.88 Å². The first kappa shape index (κ1) is 32.2. The van der Waals surface area contributed by atoms with Crippen LogP contribution in [0.1, 0.15) is 38.7 Å². The molecule has 2 aromatic carbocycles. The molecule has 0 bridgehead atoms. The Bertz CT molecular complexity index is 2140. The second kappa shape index (κ2) is 12.9. The van der Waals surface area contributed by atoms with Gasteiger partial charge in [-0.2, -0.15) is 0 Å². The maximum atomic E-state index is 13.7. The number of carbonyl (C=O) groups is 1. The fraction of sp³-hybridized carbons (Fsp3) is 0.368. The van der Waals surface area contributed by atoms with Crippen molar-refractivity contribution in [2.24, 2.45) is 5.92 Å². The van der Waals surface area contributed by atoms with E-state index in [9.17, 15) is 24.6 Å². The smallest absolute Gasteiger partial charge is 0.410 e. The number of anilines is 1. The van der Waals surface area contributed by atoms with E-state index in [0.29, 0.717) is 36.7 Å². The molecule has 2 fully saturated rings. The highest BCUT2D eigenvalue weighted by Crippen LogP contribution is 2.30. The topological polar surface area (TPSA) is 130 Å². The third-order valence-corrected chi connectivity index (χ3v) is 9.87. The maximum absolute atomic E-state index is 13.7. The van der Waals surface area contributed by atoms with Gasteiger partial charge in [-0.05, 0) is 85.7 Å². The fourth-order valence-electron chi connectivity index (χ4n) is 7.51. The highest BCUT2D eigenvalue weighted by molar-refractivity contribution is 5.90. The van der Waals surface area contributed by atoms with Gasteiger partial charge >= 0.3 is 6.09 Å². The van der Waals surface area contributed by atoms with Crippen molar-refractivity contribution < 1.29 is 19.7 Å². The van der Waals surface area contributed by atoms with Gasteiger partial charge < -0.3 is 33.9 Å². The zero-order valence-corrected chi connectivity index (χ0v) is 27.8. The van der Waals surface area contributed by atoms with E-state index in [1.807, 2.05) is 44.3 Å². The lowest BCUT2D eigenvalue weighted by Gasteiger charge is -2.31. The highest BCUT2D eigenvalue weighted by Gasteiger charge is 2.35. The van der Waals surface area contributed by atoms with Gasteiger partial charge in [0, 0.05) is 57.7 Å². The van der Waals surface area contributed by atoms with Crippen molar-refractivity contribution in [2.75, 3.05) is 24.5 Å². The van der Waals surface area contributed by atoms with Crippen LogP contribution < -0.4 is 16.0 Å². The molecule has 254 valence electrons. The Hall–Kier alpha value is -5.32. The number of rotatable bonds is 8. The summed E-state index contributed by atoms with van der Waals surface area (Å²) in [5, 5.41) is 23.0. The Labute approximate surface area is 283 Å². The number of nitrogens with zero attached hydrogens (tertiary/aromatic N) is 5. The van der Waals surface area contributed by atoms with Gasteiger partial charge in [-0.1, -0.05) is 30.3 Å². The van der Waals surface area contributed by atoms with Crippen LogP contribution in [-0.2, 0) is 24.2 Å². The molecule has 2 atom stereocenters. The Kier molecular flexibility index (Phi) is 8.52. The lowest BCUT2D eigenvalue weighted by molar-refractivity contribution is 0.0107. The molecule has 0 radical (unpaired) electrons. The minimum absolute atomic E-state index is 0.0665. The predicted molar refractivity (Wildman–Crippen MR) is 188 cm³/mol. The number of pyridine rings is 3. The van der Waals surface area contributed by atoms with Crippen LogP contribution in [0.5, 0.6) is 11.5 Å². The zero-order chi connectivity index (χ0) is 34.3. The quantitative estimate of drug-likeness (QED) is 0.230. The summed E-state index contributed by atoms with van der Waals surface area (Å²) in [4.78, 5) is 49.0. The average molecular weight is 664 g/mol. The summed E-state index contributed by atoms with van der Waals surface area (Å²) in [5.74, 6) is 0.990. The molecule has 7 rings (SSSR count). The van der Waals surface area contributed by atoms with Crippen LogP contribution in [0.15, 0.2) is 88.8 Å². The second-order valence-electron chi connectivity index (χ2n) is 13.9. The van der Waals surface area contributed by atoms with E-state index >= 15 is 0 Å². The number of amides is 1. The number of hydrogen-bond acceptors (Lipinski definition) is 8. The number of aromatic hydroxyl groups is 2. The zero-order valence-electron chi connectivity index (χ0n) is 27.8. The first-order valence-corrected chi connectivity index (χ1v) is 16.9. The number of ether oxygens (including phenoxy) is 1. The predicted octanol–water partition coefficient (Wildman–Crippen LogP) is 5.27. The monoisotopic (exact) mass is 663 g/mol. The van der Waals surface area contributed by atoms with Crippen LogP contribution in [0, 0.1) is 5.92 Å². The van der Waals surface area contributed by atoms with Gasteiger partial charge in [-0.15, -0.1) is 0 Å². The summed E-state index contributed by atoms with van der Waals surface area (Å²) in [6.45, 7) is 6.58. The lowest BCUT2D eigenvalue weighted by atomic mass is 9.95. The average Bonchev–Trinajstić information content (AvgIpc) is 3.75. The summed E-state index contributed by atoms with van der Waals surface area (Å²) in [6.07, 6.45) is 7.58. The van der Waals surface area contributed by atoms with Crippen molar-refractivity contribution >= 4 is 33.5 Å². The minimum Gasteiger partial charge on any atom is -0.507 e. The SMILES string of the molecule is CC(C)(Cc1cn(CC2CCN(c3ccccn3)C2)c(=O)c2c(O)cccc12)OC(=O)N1CCCC1Cn1ccc2cccc(O)c2c1=O. The minimum atomic E-state index is -0.959. The third-order valence-electron chi connectivity index (χ3n) is 9.87. The van der Waals surface area contributed by atoms with E-state index in [1.54, 1.807) is 50.7 Å². The molecular weight excluding hydrogens is 622 g/mol. The van der Waals surface area contributed by atoms with Gasteiger partial charge in [-0.3, -0.25) is 9.59 Å². The molecule has 5 aromatic rings. The highest BCUT2D eigenvalue weighted by atomic mass is 16.6. The van der Waals surface area contributed by atoms with E-state index < -0.39 is 11.7 Å². The van der Waals surface area contributed by atoms with Gasteiger partial charge in [0.25, 0.3) is 11.1 Å². The Morgan fingerprint density at radius 1 is 0.898 bits per heavy atom. The molecule has 2 N–H and O–H groups in total. The van der Waals surface area contributed by atoms with Crippen molar-refractivity contribution in [1.82, 2.24) is 19.0 Å². The number of likely N-dealkylation sites (tertiary alicyclic amines) is 1. The van der Waals surface area contributed by atoms with Crippen LogP contribution in [-0.4, -0.2) is 66.6 Å². The van der Waals surface area contributed by atoms with E-state index in [1.165, 1.54) is 12.1 Å². The number of benzene rings is 2. The summed E-state index contributed by atoms with van der Waals surface area (Å²) >= 11 is 0. The molecular formula is C38H41N5O6. The summed E-state index contributed by atoms with van der Waals surface area (Å²) < 4.78 is 9.39. The largest absolute Gasteiger partial charge is 0.507 e. The molecule has 3 aromatic heterocycles. The summed E-state index contributed by atoms with van der Waals surface area (Å²) in [6, 6.07) is 17.4. The fourth-order valence-corrected chi connectivity index (χ4v) is 7.51. The molecule has 2 unspecified atom stereocenters. The van der Waals surface area contributed by atoms with Crippen molar-refractivity contribution in [3.8, 4) is 11.5 Å². The molecule has 49 heavy (non-hydrogen) atoms. The van der Waals surface area contributed by atoms with Crippen molar-refractivity contribution in [3.05, 3.63) is 106 Å². The number of phenols is 2. The van der Waals surface area contributed by atoms with Gasteiger partial charge in [0.1, 0.15) is 22.9 Å². The number of aromatic nitrogens is 3. The van der Waals surface area contributed by atoms with E-state index in [0.717, 1.165) is 37.3 Å². The standard InChI is InChI=1S/C38H41N5O6/c1-38(2,49-37(48)43-17-7-9-28(43)24-41-19-15-26-8-5-11-30(44)33(26)35(41)46)20-27-23-42(36(47)34-29(27)10-6-12-31(34)45)22-25-14-18-40(21-25)32-13-3-4-16-39-32/h3-6,8,10-13,15-16,19,23,25,28,44-45H,7,9,14,17-18,20-22,24H2,1-2H3. The van der Waals surface area contributed by atoms with E-state index in [4.69, 9.17) is 4.74 Å². The number of carbonyl (C=O) groups excluding carboxylic acids is 1.